The molecule has 0 spiro atoms. The van der Waals surface area contributed by atoms with E-state index in [0.29, 0.717) is 0 Å². The second kappa shape index (κ2) is 5.73. The number of amides is 1. The lowest BCUT2D eigenvalue weighted by Gasteiger charge is -2.29. The first-order chi connectivity index (χ1) is 9.75. The van der Waals surface area contributed by atoms with Crippen LogP contribution in [0.4, 0.5) is 11.4 Å². The third kappa shape index (κ3) is 2.60. The number of para-hydroxylation sites is 1. The smallest absolute Gasteiger partial charge is 0.219 e. The predicted octanol–water partition coefficient (Wildman–Crippen LogP) is 2.10. The van der Waals surface area contributed by atoms with Gasteiger partial charge in [0, 0.05) is 39.6 Å². The molecule has 4 nitrogen and oxygen atoms in total. The average Bonchev–Trinajstić information content (AvgIpc) is 2.72. The van der Waals surface area contributed by atoms with E-state index in [9.17, 15) is 4.79 Å². The summed E-state index contributed by atoms with van der Waals surface area (Å²) in [6.45, 7) is 6.41. The lowest BCUT2D eigenvalue weighted by Crippen LogP contribution is -2.34. The topological polar surface area (TPSA) is 35.6 Å². The van der Waals surface area contributed by atoms with Crippen LogP contribution < -0.4 is 10.2 Å². The number of fused-ring (bicyclic) bond motifs is 1. The quantitative estimate of drug-likeness (QED) is 0.851. The molecule has 2 aliphatic heterocycles. The molecule has 0 unspecified atom stereocenters. The standard InChI is InChI=1S/C16H23N3O/c1-13(20)18-9-4-10-19(12-11-18)15-7-2-5-14-6-3-8-17-16(14)15/h2,5,7,17H,3-4,6,8-12H2,1H3. The summed E-state index contributed by atoms with van der Waals surface area (Å²) in [7, 11) is 0. The van der Waals surface area contributed by atoms with Crippen molar-refractivity contribution in [2.75, 3.05) is 42.9 Å². The highest BCUT2D eigenvalue weighted by atomic mass is 16.2. The van der Waals surface area contributed by atoms with Crippen LogP contribution in [0.1, 0.15) is 25.3 Å². The molecule has 108 valence electrons. The fraction of sp³-hybridized carbons (Fsp3) is 0.562. The van der Waals surface area contributed by atoms with Gasteiger partial charge in [-0.05, 0) is 30.9 Å². The molecule has 0 bridgehead atoms. The molecule has 20 heavy (non-hydrogen) atoms. The minimum Gasteiger partial charge on any atom is -0.383 e. The molecule has 0 saturated carbocycles. The molecular formula is C16H23N3O. The lowest BCUT2D eigenvalue weighted by molar-refractivity contribution is -0.128. The maximum absolute atomic E-state index is 11.5. The number of hydrogen-bond acceptors (Lipinski definition) is 3. The molecule has 1 aromatic rings. The molecule has 2 heterocycles. The van der Waals surface area contributed by atoms with Gasteiger partial charge >= 0.3 is 0 Å². The molecule has 0 aromatic heterocycles. The first-order valence-corrected chi connectivity index (χ1v) is 7.62. The summed E-state index contributed by atoms with van der Waals surface area (Å²) >= 11 is 0. The molecular weight excluding hydrogens is 250 g/mol. The number of carbonyl (C=O) groups excluding carboxylic acids is 1. The van der Waals surface area contributed by atoms with E-state index in [1.807, 2.05) is 4.90 Å². The van der Waals surface area contributed by atoms with Crippen molar-refractivity contribution in [2.45, 2.75) is 26.2 Å². The summed E-state index contributed by atoms with van der Waals surface area (Å²) in [6, 6.07) is 6.60. The molecule has 0 radical (unpaired) electrons. The second-order valence-electron chi connectivity index (χ2n) is 5.69. The molecule has 4 heteroatoms. The monoisotopic (exact) mass is 273 g/mol. The minimum absolute atomic E-state index is 0.195. The van der Waals surface area contributed by atoms with Crippen LogP contribution in [0, 0.1) is 0 Å². The number of hydrogen-bond donors (Lipinski definition) is 1. The van der Waals surface area contributed by atoms with Gasteiger partial charge in [-0.1, -0.05) is 12.1 Å². The van der Waals surface area contributed by atoms with Crippen LogP contribution in [0.15, 0.2) is 18.2 Å². The second-order valence-corrected chi connectivity index (χ2v) is 5.69. The zero-order valence-electron chi connectivity index (χ0n) is 12.2. The fourth-order valence-electron chi connectivity index (χ4n) is 3.23. The van der Waals surface area contributed by atoms with Gasteiger partial charge in [-0.2, -0.15) is 0 Å². The first kappa shape index (κ1) is 13.3. The highest BCUT2D eigenvalue weighted by molar-refractivity contribution is 5.75. The number of carbonyl (C=O) groups is 1. The normalized spacial score (nSPS) is 19.1. The molecule has 1 N–H and O–H groups in total. The number of nitrogens with one attached hydrogen (secondary N) is 1. The highest BCUT2D eigenvalue weighted by Gasteiger charge is 2.20. The number of aryl methyl sites for hydroxylation is 1. The van der Waals surface area contributed by atoms with Gasteiger partial charge in [0.05, 0.1) is 11.4 Å². The van der Waals surface area contributed by atoms with Crippen LogP contribution in [-0.4, -0.2) is 43.5 Å². The van der Waals surface area contributed by atoms with Crippen molar-refractivity contribution in [1.29, 1.82) is 0 Å². The van der Waals surface area contributed by atoms with Gasteiger partial charge in [-0.3, -0.25) is 4.79 Å². The predicted molar refractivity (Wildman–Crippen MR) is 82.3 cm³/mol. The van der Waals surface area contributed by atoms with Gasteiger partial charge in [0.15, 0.2) is 0 Å². The molecule has 0 aliphatic carbocycles. The van der Waals surface area contributed by atoms with Crippen LogP contribution in [0.5, 0.6) is 0 Å². The van der Waals surface area contributed by atoms with Crippen molar-refractivity contribution in [3.63, 3.8) is 0 Å². The molecule has 1 aromatic carbocycles. The number of anilines is 2. The third-order valence-electron chi connectivity index (χ3n) is 4.34. The van der Waals surface area contributed by atoms with Crippen LogP contribution in [0.2, 0.25) is 0 Å². The SMILES string of the molecule is CC(=O)N1CCCN(c2cccc3c2NCCC3)CC1. The van der Waals surface area contributed by atoms with Crippen LogP contribution in [0.3, 0.4) is 0 Å². The molecule has 2 aliphatic rings. The van der Waals surface area contributed by atoms with Crippen molar-refractivity contribution in [2.24, 2.45) is 0 Å². The summed E-state index contributed by atoms with van der Waals surface area (Å²) in [5.74, 6) is 0.195. The van der Waals surface area contributed by atoms with E-state index in [2.05, 4.69) is 28.4 Å². The van der Waals surface area contributed by atoms with Crippen molar-refractivity contribution in [1.82, 2.24) is 4.90 Å². The van der Waals surface area contributed by atoms with Gasteiger partial charge in [0.1, 0.15) is 0 Å². The molecule has 1 saturated heterocycles. The summed E-state index contributed by atoms with van der Waals surface area (Å²) in [5, 5.41) is 3.56. The molecule has 1 fully saturated rings. The van der Waals surface area contributed by atoms with E-state index in [0.717, 1.165) is 39.1 Å². The Morgan fingerprint density at radius 2 is 2.05 bits per heavy atom. The third-order valence-corrected chi connectivity index (χ3v) is 4.34. The fourth-order valence-corrected chi connectivity index (χ4v) is 3.23. The Kier molecular flexibility index (Phi) is 3.81. The van der Waals surface area contributed by atoms with Crippen molar-refractivity contribution in [3.05, 3.63) is 23.8 Å². The van der Waals surface area contributed by atoms with E-state index < -0.39 is 0 Å². The van der Waals surface area contributed by atoms with E-state index >= 15 is 0 Å². The van der Waals surface area contributed by atoms with E-state index in [1.54, 1.807) is 6.92 Å². The van der Waals surface area contributed by atoms with Gasteiger partial charge in [0.25, 0.3) is 0 Å². The summed E-state index contributed by atoms with van der Waals surface area (Å²) in [6.07, 6.45) is 3.43. The van der Waals surface area contributed by atoms with Gasteiger partial charge in [0.2, 0.25) is 5.91 Å². The molecule has 1 amide bonds. The minimum atomic E-state index is 0.195. The largest absolute Gasteiger partial charge is 0.383 e. The van der Waals surface area contributed by atoms with Crippen LogP contribution in [0.25, 0.3) is 0 Å². The first-order valence-electron chi connectivity index (χ1n) is 7.62. The van der Waals surface area contributed by atoms with E-state index in [4.69, 9.17) is 0 Å². The number of rotatable bonds is 1. The number of benzene rings is 1. The van der Waals surface area contributed by atoms with Crippen molar-refractivity contribution >= 4 is 17.3 Å². The zero-order valence-corrected chi connectivity index (χ0v) is 12.2. The average molecular weight is 273 g/mol. The summed E-state index contributed by atoms with van der Waals surface area (Å²) in [5.41, 5.74) is 4.06. The van der Waals surface area contributed by atoms with Gasteiger partial charge < -0.3 is 15.1 Å². The van der Waals surface area contributed by atoms with E-state index in [-0.39, 0.29) is 5.91 Å². The Bertz CT molecular complexity index is 500. The van der Waals surface area contributed by atoms with Crippen molar-refractivity contribution < 1.29 is 4.79 Å². The van der Waals surface area contributed by atoms with Crippen molar-refractivity contribution in [3.8, 4) is 0 Å². The Labute approximate surface area is 120 Å². The lowest BCUT2D eigenvalue weighted by atomic mass is 10.0. The Hall–Kier alpha value is -1.71. The Balaban J connectivity index is 1.81. The molecule has 0 atom stereocenters. The maximum atomic E-state index is 11.5. The molecule has 3 rings (SSSR count). The highest BCUT2D eigenvalue weighted by Crippen LogP contribution is 2.33. The zero-order chi connectivity index (χ0) is 13.9. The summed E-state index contributed by atoms with van der Waals surface area (Å²) < 4.78 is 0. The van der Waals surface area contributed by atoms with Crippen LogP contribution >= 0.6 is 0 Å². The summed E-state index contributed by atoms with van der Waals surface area (Å²) in [4.78, 5) is 15.9. The maximum Gasteiger partial charge on any atom is 0.219 e. The number of nitrogens with zero attached hydrogens (tertiary/aromatic N) is 2. The Morgan fingerprint density at radius 1 is 1.15 bits per heavy atom. The van der Waals surface area contributed by atoms with Gasteiger partial charge in [-0.25, -0.2) is 0 Å². The Morgan fingerprint density at radius 3 is 2.90 bits per heavy atom. The van der Waals surface area contributed by atoms with Gasteiger partial charge in [-0.15, -0.1) is 0 Å². The van der Waals surface area contributed by atoms with Crippen LogP contribution in [-0.2, 0) is 11.2 Å². The van der Waals surface area contributed by atoms with E-state index in [1.165, 1.54) is 29.8 Å².